The zero-order chi connectivity index (χ0) is 13.3. The first-order valence-electron chi connectivity index (χ1n) is 4.72. The third-order valence-electron chi connectivity index (χ3n) is 2.14. The SMILES string of the molecule is O=C(O)c1cc(Cl)nn1S(=O)(=O)c1ccccc1. The van der Waals surface area contributed by atoms with Crippen molar-refractivity contribution in [2.75, 3.05) is 0 Å². The standard InChI is InChI=1S/C10H7ClN2O4S/c11-9-6-8(10(14)15)13(12-9)18(16,17)7-4-2-1-3-5-7/h1-6H,(H,14,15). The minimum absolute atomic E-state index is 0.0627. The monoisotopic (exact) mass is 286 g/mol. The van der Waals surface area contributed by atoms with Crippen molar-refractivity contribution in [3.63, 3.8) is 0 Å². The Hall–Kier alpha value is -1.86. The first-order chi connectivity index (χ1) is 8.43. The van der Waals surface area contributed by atoms with Crippen molar-refractivity contribution in [2.24, 2.45) is 0 Å². The molecule has 0 aliphatic carbocycles. The molecule has 0 aliphatic rings. The van der Waals surface area contributed by atoms with Crippen LogP contribution in [0, 0.1) is 0 Å². The Kier molecular flexibility index (Phi) is 3.10. The van der Waals surface area contributed by atoms with Crippen LogP contribution in [0.1, 0.15) is 10.5 Å². The average molecular weight is 287 g/mol. The summed E-state index contributed by atoms with van der Waals surface area (Å²) in [5.41, 5.74) is -0.510. The van der Waals surface area contributed by atoms with Gasteiger partial charge in [0.2, 0.25) is 0 Å². The number of carbonyl (C=O) groups is 1. The van der Waals surface area contributed by atoms with E-state index in [0.717, 1.165) is 6.07 Å². The fourth-order valence-corrected chi connectivity index (χ4v) is 2.87. The number of carboxylic acids is 1. The Morgan fingerprint density at radius 3 is 2.44 bits per heavy atom. The molecule has 94 valence electrons. The average Bonchev–Trinajstić information content (AvgIpc) is 2.73. The van der Waals surface area contributed by atoms with Crippen LogP contribution in [0.25, 0.3) is 0 Å². The number of carboxylic acid groups (broad SMARTS) is 1. The molecule has 2 rings (SSSR count). The molecule has 8 heteroatoms. The maximum absolute atomic E-state index is 12.2. The molecule has 2 aromatic rings. The molecule has 0 unspecified atom stereocenters. The van der Waals surface area contributed by atoms with Crippen molar-refractivity contribution in [1.29, 1.82) is 0 Å². The van der Waals surface area contributed by atoms with E-state index in [1.54, 1.807) is 6.07 Å². The van der Waals surface area contributed by atoms with Gasteiger partial charge in [0.15, 0.2) is 10.8 Å². The summed E-state index contributed by atoms with van der Waals surface area (Å²) in [4.78, 5) is 10.9. The molecular formula is C10H7ClN2O4S. The molecule has 6 nitrogen and oxygen atoms in total. The van der Waals surface area contributed by atoms with E-state index in [0.29, 0.717) is 4.09 Å². The van der Waals surface area contributed by atoms with Crippen molar-refractivity contribution in [3.05, 3.63) is 47.2 Å². The van der Waals surface area contributed by atoms with Gasteiger partial charge in [-0.3, -0.25) is 0 Å². The van der Waals surface area contributed by atoms with Gasteiger partial charge < -0.3 is 5.11 Å². The quantitative estimate of drug-likeness (QED) is 0.923. The summed E-state index contributed by atoms with van der Waals surface area (Å²) < 4.78 is 24.7. The molecule has 1 aromatic carbocycles. The predicted octanol–water partition coefficient (Wildman–Crippen LogP) is 1.47. The third kappa shape index (κ3) is 2.09. The van der Waals surface area contributed by atoms with Crippen LogP contribution in [-0.2, 0) is 10.0 Å². The van der Waals surface area contributed by atoms with Gasteiger partial charge >= 0.3 is 5.97 Å². The highest BCUT2D eigenvalue weighted by Crippen LogP contribution is 2.18. The number of rotatable bonds is 3. The number of nitrogens with zero attached hydrogens (tertiary/aromatic N) is 2. The summed E-state index contributed by atoms with van der Waals surface area (Å²) in [7, 11) is -4.05. The first-order valence-corrected chi connectivity index (χ1v) is 6.54. The molecule has 0 bridgehead atoms. The summed E-state index contributed by atoms with van der Waals surface area (Å²) in [5, 5.41) is 12.2. The lowest BCUT2D eigenvalue weighted by Crippen LogP contribution is -2.19. The summed E-state index contributed by atoms with van der Waals surface area (Å²) in [5.74, 6) is -1.42. The van der Waals surface area contributed by atoms with Gasteiger partial charge in [-0.15, -0.1) is 9.19 Å². The summed E-state index contributed by atoms with van der Waals surface area (Å²) >= 11 is 5.54. The second kappa shape index (κ2) is 4.43. The molecule has 18 heavy (non-hydrogen) atoms. The third-order valence-corrected chi connectivity index (χ3v) is 3.92. The second-order valence-corrected chi connectivity index (χ2v) is 5.47. The van der Waals surface area contributed by atoms with Crippen LogP contribution in [0.3, 0.4) is 0 Å². The highest BCUT2D eigenvalue weighted by Gasteiger charge is 2.25. The van der Waals surface area contributed by atoms with Gasteiger partial charge in [-0.2, -0.15) is 8.42 Å². The normalized spacial score (nSPS) is 11.4. The molecular weight excluding hydrogens is 280 g/mol. The lowest BCUT2D eigenvalue weighted by Gasteiger charge is -2.05. The minimum atomic E-state index is -4.05. The maximum Gasteiger partial charge on any atom is 0.355 e. The van der Waals surface area contributed by atoms with Gasteiger partial charge in [-0.1, -0.05) is 29.8 Å². The maximum atomic E-state index is 12.2. The van der Waals surface area contributed by atoms with Gasteiger partial charge in [0.25, 0.3) is 10.0 Å². The Morgan fingerprint density at radius 2 is 1.89 bits per heavy atom. The van der Waals surface area contributed by atoms with Gasteiger partial charge in [-0.25, -0.2) is 4.79 Å². The number of hydrogen-bond acceptors (Lipinski definition) is 4. The summed E-state index contributed by atoms with van der Waals surface area (Å²) in [6.45, 7) is 0. The molecule has 0 aliphatic heterocycles. The van der Waals surface area contributed by atoms with E-state index in [-0.39, 0.29) is 10.0 Å². The molecule has 0 radical (unpaired) electrons. The smallest absolute Gasteiger partial charge is 0.355 e. The molecule has 0 saturated heterocycles. The van der Waals surface area contributed by atoms with E-state index >= 15 is 0 Å². The van der Waals surface area contributed by atoms with Crippen molar-refractivity contribution in [1.82, 2.24) is 9.19 Å². The predicted molar refractivity (Wildman–Crippen MR) is 63.2 cm³/mol. The zero-order valence-electron chi connectivity index (χ0n) is 8.82. The van der Waals surface area contributed by atoms with E-state index in [4.69, 9.17) is 16.7 Å². The molecule has 0 amide bonds. The Morgan fingerprint density at radius 1 is 1.28 bits per heavy atom. The van der Waals surface area contributed by atoms with Crippen molar-refractivity contribution >= 4 is 27.6 Å². The molecule has 1 aromatic heterocycles. The van der Waals surface area contributed by atoms with E-state index in [2.05, 4.69) is 5.10 Å². The molecule has 0 fully saturated rings. The Bertz CT molecular complexity index is 694. The van der Waals surface area contributed by atoms with Crippen LogP contribution in [0.5, 0.6) is 0 Å². The highest BCUT2D eigenvalue weighted by molar-refractivity contribution is 7.89. The summed E-state index contributed by atoms with van der Waals surface area (Å²) in [6, 6.07) is 8.36. The van der Waals surface area contributed by atoms with Crippen LogP contribution in [-0.4, -0.2) is 28.7 Å². The number of halogens is 1. The Labute approximate surface area is 107 Å². The fourth-order valence-electron chi connectivity index (χ4n) is 1.36. The second-order valence-electron chi connectivity index (χ2n) is 3.32. The molecule has 0 atom stereocenters. The largest absolute Gasteiger partial charge is 0.476 e. The molecule has 0 saturated carbocycles. The summed E-state index contributed by atoms with van der Waals surface area (Å²) in [6.07, 6.45) is 0. The van der Waals surface area contributed by atoms with E-state index < -0.39 is 21.7 Å². The lowest BCUT2D eigenvalue weighted by molar-refractivity contribution is 0.0688. The lowest BCUT2D eigenvalue weighted by atomic mass is 10.4. The Balaban J connectivity index is 2.66. The zero-order valence-corrected chi connectivity index (χ0v) is 10.4. The van der Waals surface area contributed by atoms with Gasteiger partial charge in [0.1, 0.15) is 0 Å². The van der Waals surface area contributed by atoms with Crippen LogP contribution < -0.4 is 0 Å². The van der Waals surface area contributed by atoms with Crippen LogP contribution in [0.4, 0.5) is 0 Å². The van der Waals surface area contributed by atoms with E-state index in [1.165, 1.54) is 24.3 Å². The number of benzene rings is 1. The first kappa shape index (κ1) is 12.6. The van der Waals surface area contributed by atoms with Crippen molar-refractivity contribution in [2.45, 2.75) is 4.90 Å². The van der Waals surface area contributed by atoms with Crippen LogP contribution >= 0.6 is 11.6 Å². The number of hydrogen-bond donors (Lipinski definition) is 1. The van der Waals surface area contributed by atoms with E-state index in [9.17, 15) is 13.2 Å². The van der Waals surface area contributed by atoms with Crippen molar-refractivity contribution in [3.8, 4) is 0 Å². The fraction of sp³-hybridized carbons (Fsp3) is 0. The van der Waals surface area contributed by atoms with Gasteiger partial charge in [-0.05, 0) is 12.1 Å². The molecule has 1 heterocycles. The topological polar surface area (TPSA) is 89.3 Å². The minimum Gasteiger partial charge on any atom is -0.476 e. The van der Waals surface area contributed by atoms with Gasteiger partial charge in [0.05, 0.1) is 4.90 Å². The molecule has 0 spiro atoms. The van der Waals surface area contributed by atoms with Crippen LogP contribution in [0.15, 0.2) is 41.3 Å². The molecule has 1 N–H and O–H groups in total. The van der Waals surface area contributed by atoms with E-state index in [1.807, 2.05) is 0 Å². The van der Waals surface area contributed by atoms with Crippen LogP contribution in [0.2, 0.25) is 5.15 Å². The highest BCUT2D eigenvalue weighted by atomic mass is 35.5. The number of aromatic nitrogens is 2. The van der Waals surface area contributed by atoms with Crippen molar-refractivity contribution < 1.29 is 18.3 Å². The van der Waals surface area contributed by atoms with Gasteiger partial charge in [0, 0.05) is 6.07 Å². The number of aromatic carboxylic acids is 1.